The van der Waals surface area contributed by atoms with Gasteiger partial charge in [-0.1, -0.05) is 29.5 Å². The first kappa shape index (κ1) is 20.3. The smallest absolute Gasteiger partial charge is 0.276 e. The minimum absolute atomic E-state index is 0.196. The highest BCUT2D eigenvalue weighted by atomic mass is 32.1. The second kappa shape index (κ2) is 8.38. The van der Waals surface area contributed by atoms with Crippen LogP contribution in [0, 0.1) is 17.5 Å². The van der Waals surface area contributed by atoms with Gasteiger partial charge in [0.1, 0.15) is 16.5 Å². The standard InChI is InChI=1S/C19H15FN6OS3/c1-3-8-26-15(24-25-19(26)28)14-10(2)21-18(30-14)23-16(27)13-9-29-17(22-13)11-6-4-5-7-12(11)20/h3-7,9H,1,8H2,2H3,(H,25,28)(H,21,23,27). The van der Waals surface area contributed by atoms with Crippen LogP contribution in [0.25, 0.3) is 21.3 Å². The third-order valence-corrected chi connectivity index (χ3v) is 6.39. The highest BCUT2D eigenvalue weighted by Crippen LogP contribution is 2.32. The number of hydrogen-bond donors (Lipinski definition) is 2. The van der Waals surface area contributed by atoms with Crippen molar-refractivity contribution >= 4 is 45.9 Å². The van der Waals surface area contributed by atoms with Crippen molar-refractivity contribution in [1.29, 1.82) is 0 Å². The molecule has 11 heteroatoms. The molecule has 4 aromatic rings. The minimum Gasteiger partial charge on any atom is -0.296 e. The van der Waals surface area contributed by atoms with Crippen molar-refractivity contribution in [2.24, 2.45) is 0 Å². The molecule has 0 aliphatic rings. The van der Waals surface area contributed by atoms with Gasteiger partial charge in [0.05, 0.1) is 10.6 Å². The maximum atomic E-state index is 14.0. The molecule has 0 unspecified atom stereocenters. The predicted octanol–water partition coefficient (Wildman–Crippen LogP) is 5.07. The Kier molecular flexibility index (Phi) is 5.66. The fourth-order valence-corrected chi connectivity index (χ4v) is 4.74. The van der Waals surface area contributed by atoms with Gasteiger partial charge in [-0.3, -0.25) is 19.8 Å². The second-order valence-electron chi connectivity index (χ2n) is 6.16. The highest BCUT2D eigenvalue weighted by Gasteiger charge is 2.19. The van der Waals surface area contributed by atoms with Crippen LogP contribution in [0.1, 0.15) is 16.2 Å². The number of rotatable bonds is 6. The summed E-state index contributed by atoms with van der Waals surface area (Å²) < 4.78 is 16.2. The number of hydrogen-bond acceptors (Lipinski definition) is 7. The number of nitrogens with one attached hydrogen (secondary N) is 2. The Morgan fingerprint density at radius 3 is 2.97 bits per heavy atom. The van der Waals surface area contributed by atoms with Gasteiger partial charge in [-0.15, -0.1) is 17.9 Å². The number of thiazole rings is 2. The van der Waals surface area contributed by atoms with Crippen molar-refractivity contribution < 1.29 is 9.18 Å². The van der Waals surface area contributed by atoms with Crippen molar-refractivity contribution in [3.8, 4) is 21.3 Å². The fraction of sp³-hybridized carbons (Fsp3) is 0.105. The molecule has 4 rings (SSSR count). The number of carbonyl (C=O) groups excluding carboxylic acids is 1. The van der Waals surface area contributed by atoms with E-state index in [4.69, 9.17) is 12.2 Å². The number of allylic oxidation sites excluding steroid dienone is 1. The van der Waals surface area contributed by atoms with Gasteiger partial charge in [0.15, 0.2) is 15.7 Å². The van der Waals surface area contributed by atoms with E-state index >= 15 is 0 Å². The topological polar surface area (TPSA) is 88.5 Å². The number of nitrogens with zero attached hydrogens (tertiary/aromatic N) is 4. The summed E-state index contributed by atoms with van der Waals surface area (Å²) >= 11 is 7.74. The molecule has 3 heterocycles. The molecule has 2 N–H and O–H groups in total. The van der Waals surface area contributed by atoms with Gasteiger partial charge < -0.3 is 0 Å². The number of carbonyl (C=O) groups is 1. The minimum atomic E-state index is -0.418. The summed E-state index contributed by atoms with van der Waals surface area (Å²) in [5.74, 6) is -0.170. The Hall–Kier alpha value is -3.02. The maximum absolute atomic E-state index is 14.0. The predicted molar refractivity (Wildman–Crippen MR) is 119 cm³/mol. The third-order valence-electron chi connectivity index (χ3n) is 4.13. The van der Waals surface area contributed by atoms with Gasteiger partial charge in [-0.25, -0.2) is 14.4 Å². The number of halogens is 1. The van der Waals surface area contributed by atoms with Crippen LogP contribution in [-0.2, 0) is 6.54 Å². The van der Waals surface area contributed by atoms with E-state index in [2.05, 4.69) is 32.1 Å². The Bertz CT molecular complexity index is 1300. The molecule has 0 fully saturated rings. The van der Waals surface area contributed by atoms with Crippen LogP contribution in [0.5, 0.6) is 0 Å². The van der Waals surface area contributed by atoms with Gasteiger partial charge in [0.2, 0.25) is 0 Å². The first-order valence-electron chi connectivity index (χ1n) is 8.73. The van der Waals surface area contributed by atoms with Crippen LogP contribution in [0.4, 0.5) is 9.52 Å². The molecule has 0 saturated heterocycles. The van der Waals surface area contributed by atoms with E-state index in [1.54, 1.807) is 34.2 Å². The Morgan fingerprint density at radius 2 is 2.20 bits per heavy atom. The quantitative estimate of drug-likeness (QED) is 0.311. The van der Waals surface area contributed by atoms with Crippen molar-refractivity contribution in [1.82, 2.24) is 24.7 Å². The number of aromatic amines is 1. The average Bonchev–Trinajstić information content (AvgIpc) is 3.43. The first-order chi connectivity index (χ1) is 14.5. The zero-order chi connectivity index (χ0) is 21.3. The summed E-state index contributed by atoms with van der Waals surface area (Å²) in [5.41, 5.74) is 1.26. The third kappa shape index (κ3) is 3.86. The van der Waals surface area contributed by atoms with Gasteiger partial charge in [-0.2, -0.15) is 5.10 Å². The van der Waals surface area contributed by atoms with Crippen molar-refractivity contribution in [3.05, 3.63) is 64.3 Å². The van der Waals surface area contributed by atoms with E-state index in [0.29, 0.717) is 38.5 Å². The molecule has 0 radical (unpaired) electrons. The molecule has 30 heavy (non-hydrogen) atoms. The van der Waals surface area contributed by atoms with Gasteiger partial charge in [0, 0.05) is 17.5 Å². The molecular weight excluding hydrogens is 443 g/mol. The van der Waals surface area contributed by atoms with E-state index in [1.807, 2.05) is 6.92 Å². The summed E-state index contributed by atoms with van der Waals surface area (Å²) in [6.45, 7) is 6.07. The summed E-state index contributed by atoms with van der Waals surface area (Å²) in [6, 6.07) is 6.32. The van der Waals surface area contributed by atoms with Gasteiger partial charge in [-0.05, 0) is 31.3 Å². The molecule has 1 amide bonds. The van der Waals surface area contributed by atoms with E-state index in [-0.39, 0.29) is 11.5 Å². The normalized spacial score (nSPS) is 10.9. The molecule has 3 aromatic heterocycles. The molecule has 152 valence electrons. The zero-order valence-corrected chi connectivity index (χ0v) is 18.1. The van der Waals surface area contributed by atoms with E-state index in [9.17, 15) is 9.18 Å². The van der Waals surface area contributed by atoms with Crippen LogP contribution in [0.15, 0.2) is 42.3 Å². The summed E-state index contributed by atoms with van der Waals surface area (Å²) in [7, 11) is 0. The molecule has 0 aliphatic heterocycles. The number of aromatic nitrogens is 5. The van der Waals surface area contributed by atoms with E-state index < -0.39 is 5.91 Å². The molecule has 0 aliphatic carbocycles. The lowest BCUT2D eigenvalue weighted by Crippen LogP contribution is -2.12. The van der Waals surface area contributed by atoms with Crippen molar-refractivity contribution in [2.45, 2.75) is 13.5 Å². The SMILES string of the molecule is C=CCn1c(-c2sc(NC(=O)c3csc(-c4ccccc4F)n3)nc2C)n[nH]c1=S. The average molecular weight is 459 g/mol. The van der Waals surface area contributed by atoms with Crippen molar-refractivity contribution in [2.75, 3.05) is 5.32 Å². The van der Waals surface area contributed by atoms with Gasteiger partial charge >= 0.3 is 0 Å². The van der Waals surface area contributed by atoms with E-state index in [0.717, 1.165) is 4.88 Å². The van der Waals surface area contributed by atoms with Crippen LogP contribution >= 0.6 is 34.9 Å². The molecule has 0 atom stereocenters. The van der Waals surface area contributed by atoms with Crippen LogP contribution in [0.3, 0.4) is 0 Å². The van der Waals surface area contributed by atoms with Crippen LogP contribution in [0.2, 0.25) is 0 Å². The Balaban J connectivity index is 1.57. The molecule has 7 nitrogen and oxygen atoms in total. The molecule has 0 saturated carbocycles. The van der Waals surface area contributed by atoms with Crippen molar-refractivity contribution in [3.63, 3.8) is 0 Å². The van der Waals surface area contributed by atoms with E-state index in [1.165, 1.54) is 28.7 Å². The fourth-order valence-electron chi connectivity index (χ4n) is 2.74. The number of benzene rings is 1. The molecular formula is C19H15FN6OS3. The summed E-state index contributed by atoms with van der Waals surface area (Å²) in [4.78, 5) is 22.1. The number of H-pyrrole nitrogens is 1. The van der Waals surface area contributed by atoms with Gasteiger partial charge in [0.25, 0.3) is 5.91 Å². The molecule has 0 spiro atoms. The second-order valence-corrected chi connectivity index (χ2v) is 8.40. The maximum Gasteiger partial charge on any atom is 0.276 e. The molecule has 0 bridgehead atoms. The lowest BCUT2D eigenvalue weighted by atomic mass is 10.2. The first-order valence-corrected chi connectivity index (χ1v) is 10.8. The molecule has 1 aromatic carbocycles. The Labute approximate surface area is 184 Å². The largest absolute Gasteiger partial charge is 0.296 e. The number of aryl methyl sites for hydroxylation is 1. The zero-order valence-electron chi connectivity index (χ0n) is 15.7. The lowest BCUT2D eigenvalue weighted by Gasteiger charge is -2.01. The summed E-state index contributed by atoms with van der Waals surface area (Å²) in [6.07, 6.45) is 1.73. The van der Waals surface area contributed by atoms with Crippen LogP contribution in [-0.4, -0.2) is 30.6 Å². The summed E-state index contributed by atoms with van der Waals surface area (Å²) in [5, 5.41) is 12.2. The lowest BCUT2D eigenvalue weighted by molar-refractivity contribution is 0.102. The highest BCUT2D eigenvalue weighted by molar-refractivity contribution is 7.71. The Morgan fingerprint density at radius 1 is 1.40 bits per heavy atom. The van der Waals surface area contributed by atoms with Crippen LogP contribution < -0.4 is 5.32 Å². The monoisotopic (exact) mass is 458 g/mol. The number of anilines is 1. The number of amides is 1.